The molecule has 1 aromatic heterocycles. The Morgan fingerprint density at radius 2 is 1.18 bits per heavy atom. The first-order valence-corrected chi connectivity index (χ1v) is 14.5. The summed E-state index contributed by atoms with van der Waals surface area (Å²) in [5, 5.41) is 18.4. The molecule has 5 nitrogen and oxygen atoms in total. The zero-order valence-electron chi connectivity index (χ0n) is 22.2. The van der Waals surface area contributed by atoms with Crippen LogP contribution >= 0.6 is 7.26 Å². The van der Waals surface area contributed by atoms with Gasteiger partial charge in [0.15, 0.2) is 6.04 Å². The number of esters is 1. The topological polar surface area (TPSA) is 63.5 Å². The molecule has 0 saturated heterocycles. The van der Waals surface area contributed by atoms with Gasteiger partial charge in [-0.15, -0.1) is 0 Å². The third-order valence-electron chi connectivity index (χ3n) is 7.07. The Balaban J connectivity index is 1.99. The predicted octanol–water partition coefficient (Wildman–Crippen LogP) is 4.83. The van der Waals surface area contributed by atoms with Gasteiger partial charge >= 0.3 is 5.97 Å². The summed E-state index contributed by atoms with van der Waals surface area (Å²) in [4.78, 5) is 14.0. The average Bonchev–Trinajstić information content (AvgIpc) is 3.33. The number of aromatic nitrogens is 1. The number of carbonyl (C=O) groups is 1. The number of hydrogen-bond donors (Lipinski definition) is 0. The zero-order valence-corrected chi connectivity index (χ0v) is 23.0. The maximum Gasteiger partial charge on any atom is 0.337 e. The lowest BCUT2D eigenvalue weighted by Gasteiger charge is -2.35. The van der Waals surface area contributed by atoms with Crippen molar-refractivity contribution in [1.82, 2.24) is 4.57 Å². The number of methoxy groups -OCH3 is 2. The van der Waals surface area contributed by atoms with Crippen LogP contribution < -0.4 is 21.0 Å². The van der Waals surface area contributed by atoms with Crippen LogP contribution in [0.4, 0.5) is 0 Å². The van der Waals surface area contributed by atoms with Gasteiger partial charge in [0.25, 0.3) is 0 Å². The predicted molar refractivity (Wildman–Crippen MR) is 157 cm³/mol. The van der Waals surface area contributed by atoms with Crippen LogP contribution in [-0.4, -0.2) is 24.8 Å². The van der Waals surface area contributed by atoms with E-state index in [9.17, 15) is 9.90 Å². The average molecular weight is 536 g/mol. The number of carbonyl (C=O) groups excluding carboxylic acids is 1. The van der Waals surface area contributed by atoms with Crippen LogP contribution in [0.25, 0.3) is 10.9 Å². The standard InChI is InChI=1S/C33H30NO4P/c1-24-23-25-15-13-14-22-29(25)34(24)30(32(35)37-2)31(33(36)38-3)39(26-16-7-4-8-17-26,27-18-9-5-10-19-27)28-20-11-6-12-21-28/h4-23,30H,1-3H3/b33-31-. The summed E-state index contributed by atoms with van der Waals surface area (Å²) in [6.07, 6.45) is 0. The van der Waals surface area contributed by atoms with E-state index in [1.54, 1.807) is 0 Å². The number of fused-ring (bicyclic) bond motifs is 1. The van der Waals surface area contributed by atoms with Crippen LogP contribution in [0.5, 0.6) is 0 Å². The largest absolute Gasteiger partial charge is 0.614 e. The van der Waals surface area contributed by atoms with E-state index in [4.69, 9.17) is 9.47 Å². The van der Waals surface area contributed by atoms with Gasteiger partial charge in [-0.25, -0.2) is 4.79 Å². The first kappa shape index (κ1) is 26.3. The van der Waals surface area contributed by atoms with Crippen molar-refractivity contribution in [3.8, 4) is 0 Å². The third-order valence-corrected chi connectivity index (χ3v) is 11.4. The van der Waals surface area contributed by atoms with Gasteiger partial charge in [0.1, 0.15) is 28.5 Å². The molecule has 39 heavy (non-hydrogen) atoms. The molecule has 4 aromatic carbocycles. The van der Waals surface area contributed by atoms with Crippen LogP contribution in [-0.2, 0) is 14.3 Å². The van der Waals surface area contributed by atoms with Gasteiger partial charge in [-0.2, -0.15) is 0 Å². The molecule has 0 aliphatic heterocycles. The van der Waals surface area contributed by atoms with Crippen molar-refractivity contribution in [2.75, 3.05) is 14.2 Å². The number of nitrogens with zero attached hydrogens (tertiary/aromatic N) is 1. The Labute approximate surface area is 229 Å². The molecule has 5 rings (SSSR count). The molecular formula is C33H30NO4P. The van der Waals surface area contributed by atoms with Crippen molar-refractivity contribution in [2.24, 2.45) is 0 Å². The normalized spacial score (nSPS) is 13.0. The van der Waals surface area contributed by atoms with Crippen LogP contribution in [0, 0.1) is 6.92 Å². The van der Waals surface area contributed by atoms with Crippen molar-refractivity contribution in [3.05, 3.63) is 138 Å². The van der Waals surface area contributed by atoms with Gasteiger partial charge in [0.2, 0.25) is 0 Å². The SMILES string of the molecule is COC(=O)C(/C(=C(\[O-])OC)[P+](c1ccccc1)(c1ccccc1)c1ccccc1)n1c(C)cc2ccccc21. The molecule has 1 heterocycles. The van der Waals surface area contributed by atoms with Crippen molar-refractivity contribution in [1.29, 1.82) is 0 Å². The summed E-state index contributed by atoms with van der Waals surface area (Å²) < 4.78 is 12.9. The first-order valence-electron chi connectivity index (χ1n) is 12.7. The Bertz CT molecular complexity index is 1510. The minimum absolute atomic E-state index is 0.352. The number of hydrogen-bond acceptors (Lipinski definition) is 4. The highest BCUT2D eigenvalue weighted by molar-refractivity contribution is 7.99. The van der Waals surface area contributed by atoms with E-state index in [0.29, 0.717) is 5.31 Å². The maximum atomic E-state index is 14.2. The molecule has 0 spiro atoms. The number of ether oxygens (including phenoxy) is 2. The molecule has 0 saturated carbocycles. The molecular weight excluding hydrogens is 505 g/mol. The molecule has 0 amide bonds. The minimum atomic E-state index is -2.98. The smallest absolute Gasteiger partial charge is 0.337 e. The summed E-state index contributed by atoms with van der Waals surface area (Å²) in [5.41, 5.74) is 1.67. The molecule has 6 heteroatoms. The molecule has 0 radical (unpaired) electrons. The number of benzene rings is 4. The summed E-state index contributed by atoms with van der Waals surface area (Å²) in [6.45, 7) is 1.94. The van der Waals surface area contributed by atoms with E-state index in [-0.39, 0.29) is 0 Å². The highest BCUT2D eigenvalue weighted by atomic mass is 31.2. The summed E-state index contributed by atoms with van der Waals surface area (Å²) in [6, 6.07) is 38.6. The summed E-state index contributed by atoms with van der Waals surface area (Å²) in [7, 11) is -0.250. The highest BCUT2D eigenvalue weighted by Gasteiger charge is 2.55. The molecule has 0 fully saturated rings. The van der Waals surface area contributed by atoms with E-state index in [2.05, 4.69) is 0 Å². The van der Waals surface area contributed by atoms with E-state index >= 15 is 0 Å². The van der Waals surface area contributed by atoms with Crippen LogP contribution in [0.3, 0.4) is 0 Å². The fourth-order valence-electron chi connectivity index (χ4n) is 5.46. The lowest BCUT2D eigenvalue weighted by Crippen LogP contribution is -2.39. The fourth-order valence-corrected chi connectivity index (χ4v) is 10.0. The molecule has 0 bridgehead atoms. The van der Waals surface area contributed by atoms with E-state index < -0.39 is 25.2 Å². The Kier molecular flexibility index (Phi) is 7.53. The fraction of sp³-hybridized carbons (Fsp3) is 0.121. The second kappa shape index (κ2) is 11.2. The van der Waals surface area contributed by atoms with Crippen molar-refractivity contribution in [2.45, 2.75) is 13.0 Å². The third kappa shape index (κ3) is 4.49. The summed E-state index contributed by atoms with van der Waals surface area (Å²) in [5.74, 6) is -1.08. The Morgan fingerprint density at radius 3 is 1.64 bits per heavy atom. The first-order chi connectivity index (χ1) is 19.0. The van der Waals surface area contributed by atoms with Crippen LogP contribution in [0.1, 0.15) is 11.7 Å². The zero-order chi connectivity index (χ0) is 27.4. The molecule has 5 aromatic rings. The quantitative estimate of drug-likeness (QED) is 0.162. The van der Waals surface area contributed by atoms with Crippen molar-refractivity contribution in [3.63, 3.8) is 0 Å². The maximum absolute atomic E-state index is 14.2. The van der Waals surface area contributed by atoms with E-state index in [0.717, 1.165) is 32.5 Å². The Hall–Kier alpha value is -4.34. The molecule has 0 aliphatic carbocycles. The number of aryl methyl sites for hydroxylation is 1. The van der Waals surface area contributed by atoms with Gasteiger partial charge in [-0.05, 0) is 68.0 Å². The minimum Gasteiger partial charge on any atom is -0.614 e. The molecule has 1 unspecified atom stereocenters. The molecule has 0 aliphatic rings. The van der Waals surface area contributed by atoms with Crippen LogP contribution in [0.15, 0.2) is 133 Å². The summed E-state index contributed by atoms with van der Waals surface area (Å²) >= 11 is 0. The second-order valence-electron chi connectivity index (χ2n) is 9.19. The van der Waals surface area contributed by atoms with Gasteiger partial charge in [-0.3, -0.25) is 0 Å². The van der Waals surface area contributed by atoms with Crippen LogP contribution in [0.2, 0.25) is 0 Å². The van der Waals surface area contributed by atoms with Crippen molar-refractivity contribution >= 4 is 40.0 Å². The molecule has 0 N–H and O–H groups in total. The van der Waals surface area contributed by atoms with Gasteiger partial charge < -0.3 is 19.1 Å². The highest BCUT2D eigenvalue weighted by Crippen LogP contribution is 2.66. The molecule has 196 valence electrons. The Morgan fingerprint density at radius 1 is 0.718 bits per heavy atom. The van der Waals surface area contributed by atoms with Gasteiger partial charge in [-0.1, -0.05) is 72.8 Å². The lowest BCUT2D eigenvalue weighted by molar-refractivity contribution is -0.354. The van der Waals surface area contributed by atoms with E-state index in [1.807, 2.05) is 133 Å². The second-order valence-corrected chi connectivity index (χ2v) is 12.6. The molecule has 1 atom stereocenters. The lowest BCUT2D eigenvalue weighted by atomic mass is 10.2. The van der Waals surface area contributed by atoms with Gasteiger partial charge in [0.05, 0.1) is 13.1 Å². The van der Waals surface area contributed by atoms with Crippen molar-refractivity contribution < 1.29 is 19.4 Å². The van der Waals surface area contributed by atoms with Gasteiger partial charge in [0, 0.05) is 11.2 Å². The number of para-hydroxylation sites is 1. The monoisotopic (exact) mass is 535 g/mol. The van der Waals surface area contributed by atoms with E-state index in [1.165, 1.54) is 14.2 Å². The number of rotatable bonds is 8.